The summed E-state index contributed by atoms with van der Waals surface area (Å²) < 4.78 is 17.3. The Morgan fingerprint density at radius 2 is 2.00 bits per heavy atom. The lowest BCUT2D eigenvalue weighted by Crippen LogP contribution is -2.63. The average Bonchev–Trinajstić information content (AvgIpc) is 2.06. The molecule has 98 valence electrons. The van der Waals surface area contributed by atoms with Crippen LogP contribution in [0, 0.1) is 5.92 Å². The van der Waals surface area contributed by atoms with Crippen LogP contribution in [0.2, 0.25) is 0 Å². The first kappa shape index (κ1) is 13.7. The Hall–Kier alpha value is -1.33. The molecule has 1 fully saturated rings. The van der Waals surface area contributed by atoms with Crippen molar-refractivity contribution in [1.29, 1.82) is 0 Å². The predicted molar refractivity (Wildman–Crippen MR) is 58.4 cm³/mol. The molecule has 1 saturated carbocycles. The minimum absolute atomic E-state index is 0.109. The van der Waals surface area contributed by atoms with Crippen molar-refractivity contribution in [3.63, 3.8) is 0 Å². The van der Waals surface area contributed by atoms with Crippen molar-refractivity contribution < 1.29 is 23.8 Å². The molecule has 0 aromatic carbocycles. The molecule has 1 aliphatic rings. The highest BCUT2D eigenvalue weighted by Crippen LogP contribution is 2.38. The summed E-state index contributed by atoms with van der Waals surface area (Å²) in [4.78, 5) is 22.5. The highest BCUT2D eigenvalue weighted by atomic mass is 19.1. The summed E-state index contributed by atoms with van der Waals surface area (Å²) in [5.41, 5.74) is -2.05. The van der Waals surface area contributed by atoms with E-state index < -0.39 is 29.9 Å². The number of hydrogen-bond donors (Lipinski definition) is 2. The predicted octanol–water partition coefficient (Wildman–Crippen LogP) is 1.71. The molecule has 0 unspecified atom stereocenters. The molecule has 0 spiro atoms. The van der Waals surface area contributed by atoms with Crippen LogP contribution in [0.5, 0.6) is 0 Å². The van der Waals surface area contributed by atoms with Crippen molar-refractivity contribution in [3.05, 3.63) is 0 Å². The lowest BCUT2D eigenvalue weighted by Gasteiger charge is -2.43. The lowest BCUT2D eigenvalue weighted by atomic mass is 9.69. The van der Waals surface area contributed by atoms with E-state index in [0.29, 0.717) is 0 Å². The second kappa shape index (κ2) is 4.50. The maximum absolute atomic E-state index is 12.3. The molecule has 0 aromatic rings. The third kappa shape index (κ3) is 3.31. The van der Waals surface area contributed by atoms with E-state index in [9.17, 15) is 14.0 Å². The van der Waals surface area contributed by atoms with Gasteiger partial charge in [-0.15, -0.1) is 0 Å². The third-order valence-electron chi connectivity index (χ3n) is 2.64. The van der Waals surface area contributed by atoms with Crippen molar-refractivity contribution in [1.82, 2.24) is 5.32 Å². The number of aliphatic carboxylic acids is 1. The van der Waals surface area contributed by atoms with Crippen molar-refractivity contribution in [2.75, 3.05) is 6.67 Å². The quantitative estimate of drug-likeness (QED) is 0.796. The second-order valence-corrected chi connectivity index (χ2v) is 5.44. The molecule has 1 amide bonds. The number of carboxylic acids is 1. The van der Waals surface area contributed by atoms with Crippen LogP contribution in [0.1, 0.15) is 33.6 Å². The van der Waals surface area contributed by atoms with Crippen LogP contribution in [0.25, 0.3) is 0 Å². The molecule has 0 radical (unpaired) electrons. The molecule has 0 bridgehead atoms. The number of ether oxygens (including phenoxy) is 1. The lowest BCUT2D eigenvalue weighted by molar-refractivity contribution is -0.151. The van der Waals surface area contributed by atoms with Gasteiger partial charge in [-0.2, -0.15) is 0 Å². The van der Waals surface area contributed by atoms with E-state index in [1.54, 1.807) is 20.8 Å². The molecule has 17 heavy (non-hydrogen) atoms. The standard InChI is InChI=1S/C11H18FNO4/c1-10(2,3)17-9(16)13-11(8(14)15)4-7(5-11)6-12/h7H,4-6H2,1-3H3,(H,13,16)(H,14,15). The zero-order chi connectivity index (χ0) is 13.3. The number of carbonyl (C=O) groups excluding carboxylic acids is 1. The van der Waals surface area contributed by atoms with Crippen molar-refractivity contribution in [2.24, 2.45) is 5.92 Å². The first-order chi connectivity index (χ1) is 7.68. The third-order valence-corrected chi connectivity index (χ3v) is 2.64. The highest BCUT2D eigenvalue weighted by molar-refractivity contribution is 5.85. The summed E-state index contributed by atoms with van der Waals surface area (Å²) in [5, 5.41) is 11.4. The number of alkyl carbamates (subject to hydrolysis) is 1. The van der Waals surface area contributed by atoms with Crippen molar-refractivity contribution >= 4 is 12.1 Å². The molecular formula is C11H18FNO4. The van der Waals surface area contributed by atoms with Crippen LogP contribution in [0.4, 0.5) is 9.18 Å². The molecule has 0 saturated heterocycles. The Labute approximate surface area is 99.3 Å². The van der Waals surface area contributed by atoms with Crippen LogP contribution in [0.15, 0.2) is 0 Å². The first-order valence-electron chi connectivity index (χ1n) is 5.49. The number of halogens is 1. The number of hydrogen-bond acceptors (Lipinski definition) is 3. The van der Waals surface area contributed by atoms with Gasteiger partial charge in [0.2, 0.25) is 0 Å². The normalized spacial score (nSPS) is 28.1. The number of carbonyl (C=O) groups is 2. The second-order valence-electron chi connectivity index (χ2n) is 5.44. The van der Waals surface area contributed by atoms with Gasteiger partial charge >= 0.3 is 12.1 Å². The maximum atomic E-state index is 12.3. The van der Waals surface area contributed by atoms with Crippen LogP contribution in [0.3, 0.4) is 0 Å². The molecule has 0 atom stereocenters. The van der Waals surface area contributed by atoms with E-state index in [1.807, 2.05) is 0 Å². The summed E-state index contributed by atoms with van der Waals surface area (Å²) in [6.07, 6.45) is -0.562. The van der Waals surface area contributed by atoms with E-state index in [4.69, 9.17) is 9.84 Å². The van der Waals surface area contributed by atoms with Gasteiger partial charge in [-0.1, -0.05) is 0 Å². The van der Waals surface area contributed by atoms with Gasteiger partial charge in [-0.25, -0.2) is 9.59 Å². The summed E-state index contributed by atoms with van der Waals surface area (Å²) in [6.45, 7) is 4.49. The average molecular weight is 247 g/mol. The Kier molecular flexibility index (Phi) is 3.64. The summed E-state index contributed by atoms with van der Waals surface area (Å²) >= 11 is 0. The Balaban J connectivity index is 2.58. The van der Waals surface area contributed by atoms with Gasteiger partial charge in [-0.3, -0.25) is 4.39 Å². The molecule has 1 aliphatic carbocycles. The van der Waals surface area contributed by atoms with E-state index in [1.165, 1.54) is 0 Å². The van der Waals surface area contributed by atoms with Gasteiger partial charge in [0.05, 0.1) is 6.67 Å². The van der Waals surface area contributed by atoms with Gasteiger partial charge in [0.25, 0.3) is 0 Å². The molecule has 0 aromatic heterocycles. The molecule has 5 nitrogen and oxygen atoms in total. The van der Waals surface area contributed by atoms with Crippen LogP contribution in [-0.4, -0.2) is 35.0 Å². The minimum Gasteiger partial charge on any atom is -0.480 e. The number of rotatable bonds is 3. The largest absolute Gasteiger partial charge is 0.480 e. The maximum Gasteiger partial charge on any atom is 0.408 e. The van der Waals surface area contributed by atoms with Crippen LogP contribution in [-0.2, 0) is 9.53 Å². The van der Waals surface area contributed by atoms with E-state index >= 15 is 0 Å². The van der Waals surface area contributed by atoms with Crippen LogP contribution >= 0.6 is 0 Å². The Morgan fingerprint density at radius 3 is 2.35 bits per heavy atom. The molecule has 0 aliphatic heterocycles. The smallest absolute Gasteiger partial charge is 0.408 e. The molecular weight excluding hydrogens is 229 g/mol. The molecule has 1 rings (SSSR count). The fourth-order valence-corrected chi connectivity index (χ4v) is 1.86. The Morgan fingerprint density at radius 1 is 1.47 bits per heavy atom. The van der Waals surface area contributed by atoms with Crippen molar-refractivity contribution in [3.8, 4) is 0 Å². The Bertz CT molecular complexity index is 318. The SMILES string of the molecule is CC(C)(C)OC(=O)NC1(C(=O)O)CC(CF)C1. The van der Waals surface area contributed by atoms with Gasteiger partial charge in [0, 0.05) is 0 Å². The number of nitrogens with one attached hydrogen (secondary N) is 1. The van der Waals surface area contributed by atoms with E-state index in [0.717, 1.165) is 0 Å². The minimum atomic E-state index is -1.36. The summed E-state index contributed by atoms with van der Waals surface area (Å²) in [6, 6.07) is 0. The summed E-state index contributed by atoms with van der Waals surface area (Å²) in [7, 11) is 0. The van der Waals surface area contributed by atoms with E-state index in [-0.39, 0.29) is 18.8 Å². The fraction of sp³-hybridized carbons (Fsp3) is 0.818. The first-order valence-corrected chi connectivity index (χ1v) is 5.49. The highest BCUT2D eigenvalue weighted by Gasteiger charge is 2.52. The van der Waals surface area contributed by atoms with Crippen molar-refractivity contribution in [2.45, 2.75) is 44.8 Å². The molecule has 0 heterocycles. The van der Waals surface area contributed by atoms with E-state index in [2.05, 4.69) is 5.32 Å². The molecule has 6 heteroatoms. The zero-order valence-electron chi connectivity index (χ0n) is 10.2. The fourth-order valence-electron chi connectivity index (χ4n) is 1.86. The number of amides is 1. The number of alkyl halides is 1. The topological polar surface area (TPSA) is 75.6 Å². The van der Waals surface area contributed by atoms with Gasteiger partial charge in [-0.05, 0) is 39.5 Å². The molecule has 2 N–H and O–H groups in total. The van der Waals surface area contributed by atoms with Gasteiger partial charge in [0.15, 0.2) is 0 Å². The van der Waals surface area contributed by atoms with Gasteiger partial charge < -0.3 is 15.2 Å². The van der Waals surface area contributed by atoms with Gasteiger partial charge in [0.1, 0.15) is 11.1 Å². The van der Waals surface area contributed by atoms with Crippen LogP contribution < -0.4 is 5.32 Å². The zero-order valence-corrected chi connectivity index (χ0v) is 10.2. The summed E-state index contributed by atoms with van der Waals surface area (Å²) in [5.74, 6) is -1.44. The monoisotopic (exact) mass is 247 g/mol. The number of carboxylic acid groups (broad SMARTS) is 1.